The number of hydrogen-bond acceptors (Lipinski definition) is 7. The van der Waals surface area contributed by atoms with Crippen LogP contribution in [0.15, 0.2) is 29.8 Å². The van der Waals surface area contributed by atoms with Crippen molar-refractivity contribution < 1.29 is 28.0 Å². The molecule has 12 heteroatoms. The summed E-state index contributed by atoms with van der Waals surface area (Å²) in [6.07, 6.45) is -2.74. The van der Waals surface area contributed by atoms with Gasteiger partial charge in [0, 0.05) is 11.1 Å². The maximum Gasteiger partial charge on any atom is 0.433 e. The summed E-state index contributed by atoms with van der Waals surface area (Å²) in [7, 11) is 0. The van der Waals surface area contributed by atoms with Gasteiger partial charge in [0.1, 0.15) is 5.69 Å². The molecule has 2 heterocycles. The highest BCUT2D eigenvalue weighted by Crippen LogP contribution is 2.27. The molecular formula is C15H16F3N5O3S. The van der Waals surface area contributed by atoms with Gasteiger partial charge in [-0.2, -0.15) is 13.2 Å². The highest BCUT2D eigenvalue weighted by atomic mass is 32.1. The third kappa shape index (κ3) is 6.49. The number of anilines is 1. The van der Waals surface area contributed by atoms with Crippen LogP contribution in [0.1, 0.15) is 17.0 Å². The predicted octanol–water partition coefficient (Wildman–Crippen LogP) is 2.10. The zero-order chi connectivity index (χ0) is 19.9. The van der Waals surface area contributed by atoms with Crippen molar-refractivity contribution in [3.05, 3.63) is 40.3 Å². The van der Waals surface area contributed by atoms with Crippen molar-refractivity contribution in [1.82, 2.24) is 20.5 Å². The van der Waals surface area contributed by atoms with E-state index in [4.69, 9.17) is 0 Å². The summed E-state index contributed by atoms with van der Waals surface area (Å²) in [5, 5.41) is 11.6. The van der Waals surface area contributed by atoms with Crippen LogP contribution in [0.3, 0.4) is 0 Å². The second kappa shape index (κ2) is 9.28. The zero-order valence-electron chi connectivity index (χ0n) is 13.8. The lowest BCUT2D eigenvalue weighted by Gasteiger charge is -2.19. The van der Waals surface area contributed by atoms with Crippen LogP contribution in [-0.2, 0) is 22.2 Å². The van der Waals surface area contributed by atoms with Gasteiger partial charge in [-0.25, -0.2) is 15.0 Å². The molecule has 0 unspecified atom stereocenters. The van der Waals surface area contributed by atoms with Gasteiger partial charge < -0.3 is 0 Å². The number of alkyl halides is 3. The number of aromatic nitrogens is 2. The molecule has 2 aromatic heterocycles. The van der Waals surface area contributed by atoms with Crippen LogP contribution in [0, 0.1) is 5.92 Å². The van der Waals surface area contributed by atoms with E-state index in [1.807, 2.05) is 17.5 Å². The van der Waals surface area contributed by atoms with E-state index in [0.717, 1.165) is 11.1 Å². The summed E-state index contributed by atoms with van der Waals surface area (Å²) in [4.78, 5) is 30.8. The maximum atomic E-state index is 12.6. The molecule has 1 atom stereocenters. The largest absolute Gasteiger partial charge is 0.433 e. The minimum absolute atomic E-state index is 0.161. The molecule has 8 nitrogen and oxygen atoms in total. The Morgan fingerprint density at radius 2 is 2.19 bits per heavy atom. The minimum atomic E-state index is -4.64. The van der Waals surface area contributed by atoms with E-state index in [2.05, 4.69) is 20.8 Å². The smallest absolute Gasteiger partial charge is 0.286 e. The van der Waals surface area contributed by atoms with Crippen LogP contribution >= 0.6 is 11.3 Å². The van der Waals surface area contributed by atoms with Crippen LogP contribution in [0.5, 0.6) is 0 Å². The first-order valence-electron chi connectivity index (χ1n) is 7.69. The Hall–Kier alpha value is -2.73. The number of thiophene rings is 1. The number of carbonyl (C=O) groups excluding carboxylic acids is 2. The second-order valence-electron chi connectivity index (χ2n) is 5.42. The number of carbonyl (C=O) groups is 2. The summed E-state index contributed by atoms with van der Waals surface area (Å²) in [5.41, 5.74) is 3.26. The zero-order valence-corrected chi connectivity index (χ0v) is 14.6. The quantitative estimate of drug-likeness (QED) is 0.336. The molecule has 0 radical (unpaired) electrons. The normalized spacial score (nSPS) is 12.3. The Bertz CT molecular complexity index is 757. The van der Waals surface area contributed by atoms with E-state index in [1.54, 1.807) is 0 Å². The van der Waals surface area contributed by atoms with Crippen LogP contribution in [0.25, 0.3) is 0 Å². The molecule has 0 aromatic carbocycles. The fourth-order valence-electron chi connectivity index (χ4n) is 2.14. The summed E-state index contributed by atoms with van der Waals surface area (Å²) in [5.74, 6) is -1.87. The molecule has 0 aliphatic rings. The summed E-state index contributed by atoms with van der Waals surface area (Å²) >= 11 is 1.50. The topological polar surface area (TPSA) is 107 Å². The van der Waals surface area contributed by atoms with E-state index in [9.17, 15) is 28.0 Å². The van der Waals surface area contributed by atoms with E-state index in [-0.39, 0.29) is 13.0 Å². The van der Waals surface area contributed by atoms with Crippen LogP contribution in [-0.4, -0.2) is 39.1 Å². The highest BCUT2D eigenvalue weighted by molar-refractivity contribution is 7.09. The molecule has 2 rings (SSSR count). The van der Waals surface area contributed by atoms with Gasteiger partial charge in [-0.1, -0.05) is 6.07 Å². The lowest BCUT2D eigenvalue weighted by molar-refractivity contribution is -0.154. The first-order chi connectivity index (χ1) is 12.8. The van der Waals surface area contributed by atoms with Gasteiger partial charge in [0.05, 0.1) is 12.5 Å². The Morgan fingerprint density at radius 3 is 2.81 bits per heavy atom. The van der Waals surface area contributed by atoms with Crippen molar-refractivity contribution in [3.8, 4) is 0 Å². The number of nitrogens with one attached hydrogen (secondary N) is 2. The van der Waals surface area contributed by atoms with Gasteiger partial charge in [-0.3, -0.25) is 25.6 Å². The number of amides is 2. The molecule has 27 heavy (non-hydrogen) atoms. The van der Waals surface area contributed by atoms with Gasteiger partial charge in [0.25, 0.3) is 0 Å². The third-order valence-electron chi connectivity index (χ3n) is 3.46. The SMILES string of the molecule is O=CN(O)C[C@@H](CCc1cccs1)C(=O)NNc1nccc(C(F)(F)F)n1. The van der Waals surface area contributed by atoms with Crippen molar-refractivity contribution in [1.29, 1.82) is 0 Å². The fraction of sp³-hybridized carbons (Fsp3) is 0.333. The Kier molecular flexibility index (Phi) is 7.07. The molecule has 2 amide bonds. The van der Waals surface area contributed by atoms with Gasteiger partial charge >= 0.3 is 6.18 Å². The number of halogens is 3. The first-order valence-corrected chi connectivity index (χ1v) is 8.57. The van der Waals surface area contributed by atoms with Gasteiger partial charge in [-0.15, -0.1) is 11.3 Å². The number of hydrazine groups is 1. The minimum Gasteiger partial charge on any atom is -0.286 e. The maximum absolute atomic E-state index is 12.6. The number of rotatable bonds is 9. The van der Waals surface area contributed by atoms with Gasteiger partial charge in [0.15, 0.2) is 0 Å². The Morgan fingerprint density at radius 1 is 1.41 bits per heavy atom. The number of hydroxylamine groups is 2. The molecule has 0 aliphatic heterocycles. The van der Waals surface area contributed by atoms with Crippen molar-refractivity contribution >= 4 is 29.6 Å². The fourth-order valence-corrected chi connectivity index (χ4v) is 2.87. The number of hydrogen-bond donors (Lipinski definition) is 3. The van der Waals surface area contributed by atoms with Crippen LogP contribution in [0.2, 0.25) is 0 Å². The van der Waals surface area contributed by atoms with Crippen LogP contribution in [0.4, 0.5) is 19.1 Å². The van der Waals surface area contributed by atoms with Crippen molar-refractivity contribution in [3.63, 3.8) is 0 Å². The van der Waals surface area contributed by atoms with E-state index in [1.165, 1.54) is 11.3 Å². The molecule has 2 aromatic rings. The molecular weight excluding hydrogens is 387 g/mol. The van der Waals surface area contributed by atoms with E-state index in [0.29, 0.717) is 24.0 Å². The summed E-state index contributed by atoms with van der Waals surface area (Å²) < 4.78 is 37.9. The summed E-state index contributed by atoms with van der Waals surface area (Å²) in [6, 6.07) is 4.43. The monoisotopic (exact) mass is 403 g/mol. The van der Waals surface area contributed by atoms with Crippen molar-refractivity contribution in [2.24, 2.45) is 5.92 Å². The molecule has 0 saturated heterocycles. The first kappa shape index (κ1) is 20.6. The molecule has 0 aliphatic carbocycles. The molecule has 0 spiro atoms. The molecule has 0 fully saturated rings. The number of nitrogens with zero attached hydrogens (tertiary/aromatic N) is 3. The average Bonchev–Trinajstić information content (AvgIpc) is 3.16. The van der Waals surface area contributed by atoms with Gasteiger partial charge in [-0.05, 0) is 30.4 Å². The number of aryl methyl sites for hydroxylation is 1. The van der Waals surface area contributed by atoms with E-state index < -0.39 is 29.6 Å². The van der Waals surface area contributed by atoms with Crippen molar-refractivity contribution in [2.75, 3.05) is 12.0 Å². The lowest BCUT2D eigenvalue weighted by Crippen LogP contribution is -2.40. The van der Waals surface area contributed by atoms with Gasteiger partial charge in [0.2, 0.25) is 18.3 Å². The molecule has 3 N–H and O–H groups in total. The van der Waals surface area contributed by atoms with E-state index >= 15 is 0 Å². The molecule has 146 valence electrons. The predicted molar refractivity (Wildman–Crippen MR) is 89.5 cm³/mol. The van der Waals surface area contributed by atoms with Crippen LogP contribution < -0.4 is 10.9 Å². The highest BCUT2D eigenvalue weighted by Gasteiger charge is 2.32. The lowest BCUT2D eigenvalue weighted by atomic mass is 10.0. The molecule has 0 bridgehead atoms. The molecule has 0 saturated carbocycles. The van der Waals surface area contributed by atoms with Crippen molar-refractivity contribution in [2.45, 2.75) is 19.0 Å². The summed E-state index contributed by atoms with van der Waals surface area (Å²) in [6.45, 7) is -0.272. The Labute approximate surface area is 156 Å². The third-order valence-corrected chi connectivity index (χ3v) is 4.40. The average molecular weight is 403 g/mol. The second-order valence-corrected chi connectivity index (χ2v) is 6.45. The Balaban J connectivity index is 1.98. The standard InChI is InChI=1S/C15H16F3N5O3S/c16-15(17,18)12-5-6-19-14(20-12)22-21-13(25)10(8-23(26)9-24)3-4-11-2-1-7-27-11/h1-2,5-7,9-10,26H,3-4,8H2,(H,21,25)(H,19,20,22)/t10-/m1/s1.